The summed E-state index contributed by atoms with van der Waals surface area (Å²) in [6.07, 6.45) is 1.78. The van der Waals surface area contributed by atoms with Gasteiger partial charge in [-0.15, -0.1) is 5.10 Å². The standard InChI is InChI=1S/C13H15N3O2/c1-10-4-3-5-11(8-10)18-7-6-13(17)12-9-14-15-16(12)2/h3-5,8-9H,6-7H2,1-2H3. The zero-order valence-electron chi connectivity index (χ0n) is 10.5. The molecule has 0 aliphatic heterocycles. The summed E-state index contributed by atoms with van der Waals surface area (Å²) in [6, 6.07) is 7.75. The van der Waals surface area contributed by atoms with Crippen molar-refractivity contribution in [3.05, 3.63) is 41.7 Å². The van der Waals surface area contributed by atoms with E-state index in [4.69, 9.17) is 4.74 Å². The molecular formula is C13H15N3O2. The first-order valence-corrected chi connectivity index (χ1v) is 5.74. The highest BCUT2D eigenvalue weighted by Crippen LogP contribution is 2.12. The summed E-state index contributed by atoms with van der Waals surface area (Å²) >= 11 is 0. The number of benzene rings is 1. The van der Waals surface area contributed by atoms with E-state index in [1.807, 2.05) is 31.2 Å². The molecule has 2 rings (SSSR count). The largest absolute Gasteiger partial charge is 0.493 e. The van der Waals surface area contributed by atoms with Crippen LogP contribution < -0.4 is 4.74 Å². The molecule has 0 fully saturated rings. The number of ketones is 1. The number of carbonyl (C=O) groups excluding carboxylic acids is 1. The van der Waals surface area contributed by atoms with E-state index in [1.165, 1.54) is 10.9 Å². The Labute approximate surface area is 105 Å². The zero-order chi connectivity index (χ0) is 13.0. The van der Waals surface area contributed by atoms with Crippen LogP contribution in [-0.4, -0.2) is 27.4 Å². The Balaban J connectivity index is 1.86. The van der Waals surface area contributed by atoms with Gasteiger partial charge in [-0.1, -0.05) is 17.3 Å². The average Bonchev–Trinajstić information content (AvgIpc) is 2.75. The van der Waals surface area contributed by atoms with Crippen molar-refractivity contribution in [2.24, 2.45) is 7.05 Å². The van der Waals surface area contributed by atoms with Gasteiger partial charge in [0.05, 0.1) is 12.8 Å². The number of hydrogen-bond acceptors (Lipinski definition) is 4. The summed E-state index contributed by atoms with van der Waals surface area (Å²) < 4.78 is 6.99. The summed E-state index contributed by atoms with van der Waals surface area (Å²) in [6.45, 7) is 2.35. The van der Waals surface area contributed by atoms with Crippen LogP contribution in [0.15, 0.2) is 30.5 Å². The molecule has 1 heterocycles. The first kappa shape index (κ1) is 12.3. The van der Waals surface area contributed by atoms with Gasteiger partial charge in [0.1, 0.15) is 11.4 Å². The molecule has 0 amide bonds. The lowest BCUT2D eigenvalue weighted by Crippen LogP contribution is -2.11. The normalized spacial score (nSPS) is 10.3. The summed E-state index contributed by atoms with van der Waals surface area (Å²) in [5, 5.41) is 7.39. The van der Waals surface area contributed by atoms with Crippen molar-refractivity contribution in [3.63, 3.8) is 0 Å². The van der Waals surface area contributed by atoms with Gasteiger partial charge in [-0.3, -0.25) is 4.79 Å². The van der Waals surface area contributed by atoms with Gasteiger partial charge in [0.2, 0.25) is 0 Å². The van der Waals surface area contributed by atoms with Crippen LogP contribution in [0.25, 0.3) is 0 Å². The molecule has 18 heavy (non-hydrogen) atoms. The lowest BCUT2D eigenvalue weighted by molar-refractivity contribution is 0.0953. The highest BCUT2D eigenvalue weighted by atomic mass is 16.5. The number of ether oxygens (including phenoxy) is 1. The molecule has 94 valence electrons. The quantitative estimate of drug-likeness (QED) is 0.753. The van der Waals surface area contributed by atoms with Crippen LogP contribution in [0.2, 0.25) is 0 Å². The average molecular weight is 245 g/mol. The fourth-order valence-electron chi connectivity index (χ4n) is 1.64. The predicted octanol–water partition coefficient (Wildman–Crippen LogP) is 1.78. The van der Waals surface area contributed by atoms with Crippen molar-refractivity contribution >= 4 is 5.78 Å². The van der Waals surface area contributed by atoms with Crippen LogP contribution in [0, 0.1) is 6.92 Å². The second kappa shape index (κ2) is 5.44. The van der Waals surface area contributed by atoms with Gasteiger partial charge in [0.15, 0.2) is 5.78 Å². The van der Waals surface area contributed by atoms with Gasteiger partial charge < -0.3 is 4.74 Å². The molecular weight excluding hydrogens is 230 g/mol. The first-order valence-electron chi connectivity index (χ1n) is 5.74. The summed E-state index contributed by atoms with van der Waals surface area (Å²) in [5.41, 5.74) is 1.64. The van der Waals surface area contributed by atoms with E-state index >= 15 is 0 Å². The van der Waals surface area contributed by atoms with Crippen molar-refractivity contribution in [1.29, 1.82) is 0 Å². The molecule has 0 saturated carbocycles. The second-order valence-corrected chi connectivity index (χ2v) is 4.08. The predicted molar refractivity (Wildman–Crippen MR) is 66.6 cm³/mol. The van der Waals surface area contributed by atoms with Gasteiger partial charge in [0, 0.05) is 13.5 Å². The summed E-state index contributed by atoms with van der Waals surface area (Å²) in [5.74, 6) is 0.765. The van der Waals surface area contributed by atoms with Gasteiger partial charge in [0.25, 0.3) is 0 Å². The molecule has 1 aromatic heterocycles. The van der Waals surface area contributed by atoms with Crippen molar-refractivity contribution < 1.29 is 9.53 Å². The van der Waals surface area contributed by atoms with Crippen LogP contribution in [-0.2, 0) is 7.05 Å². The topological polar surface area (TPSA) is 57.0 Å². The molecule has 5 heteroatoms. The zero-order valence-corrected chi connectivity index (χ0v) is 10.5. The minimum absolute atomic E-state index is 0.0184. The fourth-order valence-corrected chi connectivity index (χ4v) is 1.64. The van der Waals surface area contributed by atoms with E-state index in [0.717, 1.165) is 11.3 Å². The summed E-state index contributed by atoms with van der Waals surface area (Å²) in [4.78, 5) is 11.8. The maximum Gasteiger partial charge on any atom is 0.185 e. The van der Waals surface area contributed by atoms with Gasteiger partial charge in [-0.25, -0.2) is 4.68 Å². The Morgan fingerprint density at radius 1 is 1.44 bits per heavy atom. The Hall–Kier alpha value is -2.17. The molecule has 0 saturated heterocycles. The number of aromatic nitrogens is 3. The van der Waals surface area contributed by atoms with Crippen molar-refractivity contribution in [1.82, 2.24) is 15.0 Å². The maximum absolute atomic E-state index is 11.8. The van der Waals surface area contributed by atoms with E-state index in [9.17, 15) is 4.79 Å². The number of carbonyl (C=O) groups is 1. The highest BCUT2D eigenvalue weighted by molar-refractivity contribution is 5.94. The maximum atomic E-state index is 11.8. The van der Waals surface area contributed by atoms with Crippen LogP contribution in [0.3, 0.4) is 0 Å². The Morgan fingerprint density at radius 2 is 2.28 bits per heavy atom. The monoisotopic (exact) mass is 245 g/mol. The van der Waals surface area contributed by atoms with Crippen molar-refractivity contribution in [3.8, 4) is 5.75 Å². The van der Waals surface area contributed by atoms with E-state index in [0.29, 0.717) is 18.7 Å². The number of Topliss-reactive ketones (excluding diaryl/α,β-unsaturated/α-hetero) is 1. The number of rotatable bonds is 5. The van der Waals surface area contributed by atoms with Gasteiger partial charge in [-0.2, -0.15) is 0 Å². The molecule has 0 aliphatic rings. The van der Waals surface area contributed by atoms with Crippen molar-refractivity contribution in [2.45, 2.75) is 13.3 Å². The molecule has 0 atom stereocenters. The van der Waals surface area contributed by atoms with Crippen LogP contribution >= 0.6 is 0 Å². The van der Waals surface area contributed by atoms with Gasteiger partial charge in [-0.05, 0) is 24.6 Å². The molecule has 2 aromatic rings. The Bertz CT molecular complexity index is 549. The van der Waals surface area contributed by atoms with E-state index in [2.05, 4.69) is 10.3 Å². The number of aryl methyl sites for hydroxylation is 2. The molecule has 0 spiro atoms. The fraction of sp³-hybridized carbons (Fsp3) is 0.308. The number of hydrogen-bond donors (Lipinski definition) is 0. The SMILES string of the molecule is Cc1cccc(OCCC(=O)c2cnnn2C)c1. The van der Waals surface area contributed by atoms with E-state index in [-0.39, 0.29) is 5.78 Å². The van der Waals surface area contributed by atoms with Gasteiger partial charge >= 0.3 is 0 Å². The third kappa shape index (κ3) is 2.94. The molecule has 0 radical (unpaired) electrons. The minimum atomic E-state index is -0.0184. The lowest BCUT2D eigenvalue weighted by atomic mass is 10.2. The Morgan fingerprint density at radius 3 is 2.94 bits per heavy atom. The third-order valence-corrected chi connectivity index (χ3v) is 2.59. The smallest absolute Gasteiger partial charge is 0.185 e. The van der Waals surface area contributed by atoms with E-state index < -0.39 is 0 Å². The van der Waals surface area contributed by atoms with Crippen LogP contribution in [0.1, 0.15) is 22.5 Å². The molecule has 1 aromatic carbocycles. The second-order valence-electron chi connectivity index (χ2n) is 4.08. The number of nitrogens with zero attached hydrogens (tertiary/aromatic N) is 3. The van der Waals surface area contributed by atoms with Crippen molar-refractivity contribution in [2.75, 3.05) is 6.61 Å². The van der Waals surface area contributed by atoms with E-state index in [1.54, 1.807) is 7.05 Å². The Kier molecular flexibility index (Phi) is 3.72. The molecule has 0 N–H and O–H groups in total. The molecule has 0 aliphatic carbocycles. The van der Waals surface area contributed by atoms with Crippen LogP contribution in [0.5, 0.6) is 5.75 Å². The highest BCUT2D eigenvalue weighted by Gasteiger charge is 2.10. The minimum Gasteiger partial charge on any atom is -0.493 e. The van der Waals surface area contributed by atoms with Crippen LogP contribution in [0.4, 0.5) is 0 Å². The molecule has 0 unspecified atom stereocenters. The molecule has 5 nitrogen and oxygen atoms in total. The first-order chi connectivity index (χ1) is 8.66. The lowest BCUT2D eigenvalue weighted by Gasteiger charge is -2.06. The third-order valence-electron chi connectivity index (χ3n) is 2.59. The molecule has 0 bridgehead atoms. The summed E-state index contributed by atoms with van der Waals surface area (Å²) in [7, 11) is 1.70.